The fourth-order valence-corrected chi connectivity index (χ4v) is 0.662. The third kappa shape index (κ3) is 21.9. The molecule has 0 aromatic heterocycles. The van der Waals surface area contributed by atoms with E-state index < -0.39 is 37.0 Å². The summed E-state index contributed by atoms with van der Waals surface area (Å²) in [6.07, 6.45) is -8.08. The SMILES string of the molecule is CC(C)=O.CC(C)=O.O=C([O-])[C@H](O)[C@H](O)[C@@H](O)[C@H](O)CO.[Na+]. The zero-order valence-corrected chi connectivity index (χ0v) is 15.4. The minimum absolute atomic E-state index is 0. The predicted molar refractivity (Wildman–Crippen MR) is 68.8 cm³/mol. The van der Waals surface area contributed by atoms with Crippen LogP contribution in [0.5, 0.6) is 0 Å². The molecule has 0 bridgehead atoms. The van der Waals surface area contributed by atoms with Gasteiger partial charge in [-0.05, 0) is 27.7 Å². The molecule has 0 saturated heterocycles. The van der Waals surface area contributed by atoms with Crippen LogP contribution in [0.3, 0.4) is 0 Å². The second kappa shape index (κ2) is 17.0. The second-order valence-corrected chi connectivity index (χ2v) is 4.31. The van der Waals surface area contributed by atoms with Gasteiger partial charge in [-0.25, -0.2) is 0 Å². The number of rotatable bonds is 5. The van der Waals surface area contributed by atoms with E-state index in [4.69, 9.17) is 25.5 Å². The molecule has 0 saturated carbocycles. The van der Waals surface area contributed by atoms with Crippen LogP contribution in [-0.4, -0.2) is 74.1 Å². The molecule has 0 unspecified atom stereocenters. The molecule has 10 heteroatoms. The predicted octanol–water partition coefficient (Wildman–Crippen LogP) is -6.63. The van der Waals surface area contributed by atoms with E-state index in [-0.39, 0.29) is 41.1 Å². The summed E-state index contributed by atoms with van der Waals surface area (Å²) in [5, 5.41) is 53.4. The minimum Gasteiger partial charge on any atom is -0.547 e. The van der Waals surface area contributed by atoms with E-state index in [9.17, 15) is 19.5 Å². The van der Waals surface area contributed by atoms with E-state index in [1.54, 1.807) is 0 Å². The molecule has 0 aromatic rings. The number of hydrogen-bond donors (Lipinski definition) is 5. The summed E-state index contributed by atoms with van der Waals surface area (Å²) in [6, 6.07) is 0. The Bertz CT molecular complexity index is 302. The first-order valence-corrected chi connectivity index (χ1v) is 5.86. The number of carboxylic acid groups (broad SMARTS) is 1. The summed E-state index contributed by atoms with van der Waals surface area (Å²) in [5.41, 5.74) is 0. The van der Waals surface area contributed by atoms with Crippen molar-refractivity contribution in [3.63, 3.8) is 0 Å². The smallest absolute Gasteiger partial charge is 0.547 e. The quantitative estimate of drug-likeness (QED) is 0.306. The molecule has 0 aliphatic heterocycles. The molecule has 0 aromatic carbocycles. The summed E-state index contributed by atoms with van der Waals surface area (Å²) < 4.78 is 0. The number of hydrogen-bond acceptors (Lipinski definition) is 9. The normalized spacial score (nSPS) is 14.4. The minimum atomic E-state index is -2.31. The molecule has 5 N–H and O–H groups in total. The number of aliphatic carboxylic acids is 1. The summed E-state index contributed by atoms with van der Waals surface area (Å²) in [4.78, 5) is 28.9. The molecule has 0 heterocycles. The topological polar surface area (TPSA) is 175 Å². The maximum atomic E-state index is 9.98. The van der Waals surface area contributed by atoms with Gasteiger partial charge in [0, 0.05) is 0 Å². The number of carbonyl (C=O) groups is 3. The van der Waals surface area contributed by atoms with Gasteiger partial charge in [-0.1, -0.05) is 0 Å². The Morgan fingerprint density at radius 1 is 0.864 bits per heavy atom. The Kier molecular flexibility index (Phi) is 22.8. The summed E-state index contributed by atoms with van der Waals surface area (Å²) in [6.45, 7) is 5.25. The Balaban J connectivity index is -0.000000150. The van der Waals surface area contributed by atoms with Crippen LogP contribution in [0.25, 0.3) is 0 Å². The largest absolute Gasteiger partial charge is 1.00 e. The van der Waals surface area contributed by atoms with Crippen molar-refractivity contribution in [1.82, 2.24) is 0 Å². The van der Waals surface area contributed by atoms with E-state index in [0.29, 0.717) is 0 Å². The average molecular weight is 334 g/mol. The van der Waals surface area contributed by atoms with Crippen molar-refractivity contribution in [1.29, 1.82) is 0 Å². The number of aliphatic hydroxyl groups excluding tert-OH is 5. The van der Waals surface area contributed by atoms with Crippen LogP contribution < -0.4 is 34.7 Å². The van der Waals surface area contributed by atoms with Gasteiger partial charge in [-0.3, -0.25) is 0 Å². The van der Waals surface area contributed by atoms with Crippen LogP contribution >= 0.6 is 0 Å². The molecule has 22 heavy (non-hydrogen) atoms. The molecule has 0 radical (unpaired) electrons. The van der Waals surface area contributed by atoms with Gasteiger partial charge < -0.3 is 45.0 Å². The average Bonchev–Trinajstić information content (AvgIpc) is 2.33. The molecule has 0 fully saturated rings. The van der Waals surface area contributed by atoms with Gasteiger partial charge in [0.05, 0.1) is 12.6 Å². The molecule has 9 nitrogen and oxygen atoms in total. The van der Waals surface area contributed by atoms with Crippen molar-refractivity contribution in [3.8, 4) is 0 Å². The van der Waals surface area contributed by atoms with Gasteiger partial charge in [0.15, 0.2) is 0 Å². The molecule has 0 amide bonds. The van der Waals surface area contributed by atoms with Crippen molar-refractivity contribution in [2.75, 3.05) is 6.61 Å². The first-order chi connectivity index (χ1) is 9.38. The van der Waals surface area contributed by atoms with E-state index in [2.05, 4.69) is 0 Å². The second-order valence-electron chi connectivity index (χ2n) is 4.31. The fraction of sp³-hybridized carbons (Fsp3) is 0.750. The molecule has 126 valence electrons. The summed E-state index contributed by atoms with van der Waals surface area (Å²) in [5.74, 6) is -1.64. The van der Waals surface area contributed by atoms with Crippen LogP contribution in [-0.2, 0) is 14.4 Å². The van der Waals surface area contributed by atoms with Crippen LogP contribution in [0.15, 0.2) is 0 Å². The number of Topliss-reactive ketones (excluding diaryl/α,β-unsaturated/α-hetero) is 2. The third-order valence-corrected chi connectivity index (χ3v) is 1.50. The van der Waals surface area contributed by atoms with Crippen molar-refractivity contribution in [2.45, 2.75) is 52.1 Å². The van der Waals surface area contributed by atoms with Gasteiger partial charge in [0.25, 0.3) is 0 Å². The Morgan fingerprint density at radius 2 is 1.14 bits per heavy atom. The summed E-state index contributed by atoms with van der Waals surface area (Å²) >= 11 is 0. The Labute approximate surface area is 150 Å². The third-order valence-electron chi connectivity index (χ3n) is 1.50. The van der Waals surface area contributed by atoms with E-state index >= 15 is 0 Å². The standard InChI is InChI=1S/C6H12O7.2C3H6O.Na/c7-1-2(8)3(9)4(10)5(11)6(12)13;2*1-3(2)4;/h2-5,7-11H,1H2,(H,12,13);2*1-2H3;/q;;;+1/p-1/t2-,3+,4-,5-;;;/m1.../s1. The van der Waals surface area contributed by atoms with Gasteiger partial charge in [0.2, 0.25) is 0 Å². The van der Waals surface area contributed by atoms with Crippen molar-refractivity contribution in [2.24, 2.45) is 0 Å². The molecule has 0 spiro atoms. The van der Waals surface area contributed by atoms with Crippen LogP contribution in [0.2, 0.25) is 0 Å². The Hall–Kier alpha value is -0.390. The van der Waals surface area contributed by atoms with E-state index in [1.165, 1.54) is 27.7 Å². The molecule has 0 rings (SSSR count). The molecule has 0 aliphatic carbocycles. The van der Waals surface area contributed by atoms with E-state index in [0.717, 1.165) is 0 Å². The van der Waals surface area contributed by atoms with Crippen molar-refractivity contribution < 1.29 is 74.6 Å². The first-order valence-electron chi connectivity index (χ1n) is 5.86. The maximum absolute atomic E-state index is 9.98. The number of carboxylic acids is 1. The van der Waals surface area contributed by atoms with Crippen LogP contribution in [0, 0.1) is 0 Å². The van der Waals surface area contributed by atoms with E-state index in [1.807, 2.05) is 0 Å². The zero-order valence-electron chi connectivity index (χ0n) is 13.4. The van der Waals surface area contributed by atoms with Gasteiger partial charge in [-0.15, -0.1) is 0 Å². The molecular formula is C12H23NaO9. The molecular weight excluding hydrogens is 311 g/mol. The zero-order chi connectivity index (χ0) is 17.7. The number of carbonyl (C=O) groups excluding carboxylic acids is 3. The Morgan fingerprint density at radius 3 is 1.32 bits per heavy atom. The van der Waals surface area contributed by atoms with Crippen molar-refractivity contribution in [3.05, 3.63) is 0 Å². The molecule has 4 atom stereocenters. The monoisotopic (exact) mass is 334 g/mol. The fourth-order valence-electron chi connectivity index (χ4n) is 0.662. The number of aliphatic hydroxyl groups is 5. The van der Waals surface area contributed by atoms with Crippen LogP contribution in [0.4, 0.5) is 0 Å². The molecule has 0 aliphatic rings. The van der Waals surface area contributed by atoms with Gasteiger partial charge in [0.1, 0.15) is 36.0 Å². The summed E-state index contributed by atoms with van der Waals surface area (Å²) in [7, 11) is 0. The number of ketones is 2. The van der Waals surface area contributed by atoms with Crippen molar-refractivity contribution >= 4 is 17.5 Å². The first kappa shape index (κ1) is 29.6. The maximum Gasteiger partial charge on any atom is 1.00 e. The van der Waals surface area contributed by atoms with Gasteiger partial charge in [-0.2, -0.15) is 0 Å². The van der Waals surface area contributed by atoms with Gasteiger partial charge >= 0.3 is 29.6 Å². The van der Waals surface area contributed by atoms with Crippen LogP contribution in [0.1, 0.15) is 27.7 Å².